The van der Waals surface area contributed by atoms with Crippen molar-refractivity contribution in [1.82, 2.24) is 10.2 Å². The summed E-state index contributed by atoms with van der Waals surface area (Å²) < 4.78 is 0. The van der Waals surface area contributed by atoms with Crippen molar-refractivity contribution in [2.75, 3.05) is 26.2 Å². The molecule has 0 aliphatic carbocycles. The van der Waals surface area contributed by atoms with Gasteiger partial charge in [0.25, 0.3) is 0 Å². The number of nitrogens with zero attached hydrogens (tertiary/aromatic N) is 1. The van der Waals surface area contributed by atoms with Crippen molar-refractivity contribution in [2.24, 2.45) is 5.92 Å². The van der Waals surface area contributed by atoms with Crippen LogP contribution < -0.4 is 5.32 Å². The number of aryl methyl sites for hydroxylation is 2. The van der Waals surface area contributed by atoms with E-state index in [9.17, 15) is 0 Å². The van der Waals surface area contributed by atoms with Gasteiger partial charge in [0, 0.05) is 32.2 Å². The molecular weight excluding hydrogens is 244 g/mol. The van der Waals surface area contributed by atoms with Crippen LogP contribution in [0.25, 0.3) is 0 Å². The molecule has 0 radical (unpaired) electrons. The molecule has 1 saturated heterocycles. The van der Waals surface area contributed by atoms with Gasteiger partial charge in [-0.1, -0.05) is 43.2 Å². The minimum absolute atomic E-state index is 0.595. The van der Waals surface area contributed by atoms with Gasteiger partial charge in [0.1, 0.15) is 0 Å². The fourth-order valence-electron chi connectivity index (χ4n) is 3.25. The highest BCUT2D eigenvalue weighted by molar-refractivity contribution is 5.30. The zero-order chi connectivity index (χ0) is 14.5. The normalized spacial score (nSPS) is 18.4. The van der Waals surface area contributed by atoms with Crippen molar-refractivity contribution in [1.29, 1.82) is 0 Å². The third kappa shape index (κ3) is 4.32. The number of piperazine rings is 1. The van der Waals surface area contributed by atoms with E-state index in [1.807, 2.05) is 0 Å². The van der Waals surface area contributed by atoms with E-state index in [4.69, 9.17) is 0 Å². The van der Waals surface area contributed by atoms with Gasteiger partial charge in [-0.25, -0.2) is 0 Å². The van der Waals surface area contributed by atoms with E-state index in [1.165, 1.54) is 42.6 Å². The molecule has 1 atom stereocenters. The Hall–Kier alpha value is -0.860. The lowest BCUT2D eigenvalue weighted by Gasteiger charge is -2.36. The summed E-state index contributed by atoms with van der Waals surface area (Å²) in [6.45, 7) is 13.7. The van der Waals surface area contributed by atoms with Gasteiger partial charge < -0.3 is 5.32 Å². The Morgan fingerprint density at radius 3 is 2.15 bits per heavy atom. The molecule has 2 rings (SSSR count). The Balaban J connectivity index is 2.19. The maximum Gasteiger partial charge on any atom is 0.0349 e. The summed E-state index contributed by atoms with van der Waals surface area (Å²) in [5.41, 5.74) is 4.31. The average molecular weight is 274 g/mol. The quantitative estimate of drug-likeness (QED) is 0.881. The molecule has 1 heterocycles. The zero-order valence-electron chi connectivity index (χ0n) is 13.6. The summed E-state index contributed by atoms with van der Waals surface area (Å²) in [6.07, 6.45) is 2.59. The number of hydrogen-bond acceptors (Lipinski definition) is 2. The number of rotatable bonds is 5. The first-order chi connectivity index (χ1) is 9.56. The standard InChI is InChI=1S/C18H30N2/c1-14(2)5-6-18(20-9-7-19-8-10-20)17-12-15(3)11-16(4)13-17/h11-14,18-19H,5-10H2,1-4H3/t18-/m1/s1. The van der Waals surface area contributed by atoms with E-state index >= 15 is 0 Å². The fraction of sp³-hybridized carbons (Fsp3) is 0.667. The van der Waals surface area contributed by atoms with E-state index in [1.54, 1.807) is 0 Å². The highest BCUT2D eigenvalue weighted by Gasteiger charge is 2.22. The van der Waals surface area contributed by atoms with E-state index in [0.29, 0.717) is 6.04 Å². The molecule has 0 bridgehead atoms. The van der Waals surface area contributed by atoms with Crippen LogP contribution in [0.2, 0.25) is 0 Å². The molecule has 1 aliphatic heterocycles. The van der Waals surface area contributed by atoms with Gasteiger partial charge in [-0.3, -0.25) is 4.90 Å². The van der Waals surface area contributed by atoms with Crippen molar-refractivity contribution in [3.8, 4) is 0 Å². The molecule has 0 saturated carbocycles. The molecule has 1 N–H and O–H groups in total. The van der Waals surface area contributed by atoms with E-state index < -0.39 is 0 Å². The average Bonchev–Trinajstić information content (AvgIpc) is 2.38. The number of hydrogen-bond donors (Lipinski definition) is 1. The molecule has 1 aromatic carbocycles. The molecule has 0 spiro atoms. The van der Waals surface area contributed by atoms with Gasteiger partial charge in [0.15, 0.2) is 0 Å². The van der Waals surface area contributed by atoms with Crippen LogP contribution >= 0.6 is 0 Å². The molecule has 2 heteroatoms. The molecule has 0 aromatic heterocycles. The monoisotopic (exact) mass is 274 g/mol. The minimum Gasteiger partial charge on any atom is -0.314 e. The van der Waals surface area contributed by atoms with E-state index in [-0.39, 0.29) is 0 Å². The predicted octanol–water partition coefficient (Wildman–Crippen LogP) is 3.69. The molecule has 20 heavy (non-hydrogen) atoms. The highest BCUT2D eigenvalue weighted by Crippen LogP contribution is 2.29. The largest absolute Gasteiger partial charge is 0.314 e. The summed E-state index contributed by atoms with van der Waals surface area (Å²) in [6, 6.07) is 7.65. The summed E-state index contributed by atoms with van der Waals surface area (Å²) in [5, 5.41) is 3.47. The maximum atomic E-state index is 3.47. The first-order valence-electron chi connectivity index (χ1n) is 8.09. The van der Waals surface area contributed by atoms with Crippen molar-refractivity contribution in [2.45, 2.75) is 46.6 Å². The molecule has 112 valence electrons. The maximum absolute atomic E-state index is 3.47. The Bertz CT molecular complexity index is 399. The lowest BCUT2D eigenvalue weighted by atomic mass is 9.93. The van der Waals surface area contributed by atoms with Crippen LogP contribution in [0.4, 0.5) is 0 Å². The molecule has 1 aromatic rings. The first-order valence-corrected chi connectivity index (χ1v) is 8.09. The van der Waals surface area contributed by atoms with Crippen LogP contribution in [0.3, 0.4) is 0 Å². The fourth-order valence-corrected chi connectivity index (χ4v) is 3.25. The van der Waals surface area contributed by atoms with Crippen molar-refractivity contribution >= 4 is 0 Å². The van der Waals surface area contributed by atoms with Crippen LogP contribution in [0.15, 0.2) is 18.2 Å². The molecule has 0 unspecified atom stereocenters. The van der Waals surface area contributed by atoms with Gasteiger partial charge in [-0.2, -0.15) is 0 Å². The Labute approximate surface area is 124 Å². The molecule has 0 amide bonds. The number of benzene rings is 1. The van der Waals surface area contributed by atoms with Gasteiger partial charge in [-0.15, -0.1) is 0 Å². The van der Waals surface area contributed by atoms with Crippen molar-refractivity contribution in [3.05, 3.63) is 34.9 Å². The van der Waals surface area contributed by atoms with Crippen LogP contribution in [0.5, 0.6) is 0 Å². The predicted molar refractivity (Wildman–Crippen MR) is 87.2 cm³/mol. The van der Waals surface area contributed by atoms with Crippen LogP contribution in [-0.2, 0) is 0 Å². The summed E-state index contributed by atoms with van der Waals surface area (Å²) in [4.78, 5) is 2.67. The lowest BCUT2D eigenvalue weighted by Crippen LogP contribution is -2.45. The lowest BCUT2D eigenvalue weighted by molar-refractivity contribution is 0.159. The van der Waals surface area contributed by atoms with Crippen LogP contribution in [0.1, 0.15) is 49.4 Å². The molecular formula is C18H30N2. The van der Waals surface area contributed by atoms with Crippen LogP contribution in [-0.4, -0.2) is 31.1 Å². The smallest absolute Gasteiger partial charge is 0.0349 e. The first kappa shape index (κ1) is 15.5. The van der Waals surface area contributed by atoms with E-state index in [0.717, 1.165) is 19.0 Å². The van der Waals surface area contributed by atoms with Gasteiger partial charge in [0.2, 0.25) is 0 Å². The molecule has 2 nitrogen and oxygen atoms in total. The van der Waals surface area contributed by atoms with E-state index in [2.05, 4.69) is 56.1 Å². The zero-order valence-corrected chi connectivity index (χ0v) is 13.6. The van der Waals surface area contributed by atoms with Crippen molar-refractivity contribution in [3.63, 3.8) is 0 Å². The third-order valence-corrected chi connectivity index (χ3v) is 4.24. The second kappa shape index (κ2) is 7.24. The Morgan fingerprint density at radius 1 is 1.00 bits per heavy atom. The summed E-state index contributed by atoms with van der Waals surface area (Å²) >= 11 is 0. The Kier molecular flexibility index (Phi) is 5.62. The summed E-state index contributed by atoms with van der Waals surface area (Å²) in [5.74, 6) is 0.784. The second-order valence-corrected chi connectivity index (χ2v) is 6.69. The van der Waals surface area contributed by atoms with Gasteiger partial charge in [0.05, 0.1) is 0 Å². The van der Waals surface area contributed by atoms with Gasteiger partial charge >= 0.3 is 0 Å². The summed E-state index contributed by atoms with van der Waals surface area (Å²) in [7, 11) is 0. The second-order valence-electron chi connectivity index (χ2n) is 6.69. The minimum atomic E-state index is 0.595. The molecule has 1 fully saturated rings. The van der Waals surface area contributed by atoms with Gasteiger partial charge in [-0.05, 0) is 38.2 Å². The van der Waals surface area contributed by atoms with Crippen LogP contribution in [0, 0.1) is 19.8 Å². The topological polar surface area (TPSA) is 15.3 Å². The highest BCUT2D eigenvalue weighted by atomic mass is 15.2. The Morgan fingerprint density at radius 2 is 1.60 bits per heavy atom. The number of nitrogens with one attached hydrogen (secondary N) is 1. The SMILES string of the molecule is Cc1cc(C)cc([C@@H](CCC(C)C)N2CCNCC2)c1. The molecule has 1 aliphatic rings. The van der Waals surface area contributed by atoms with Crippen molar-refractivity contribution < 1.29 is 0 Å². The third-order valence-electron chi connectivity index (χ3n) is 4.24.